The number of benzene rings is 2. The van der Waals surface area contributed by atoms with E-state index in [0.717, 1.165) is 31.2 Å². The van der Waals surface area contributed by atoms with Crippen LogP contribution in [0.15, 0.2) is 47.4 Å². The first-order valence-corrected chi connectivity index (χ1v) is 10.9. The first-order valence-electron chi connectivity index (χ1n) is 9.48. The molecule has 1 aliphatic heterocycles. The number of hydrogen-bond donors (Lipinski definition) is 1. The zero-order valence-electron chi connectivity index (χ0n) is 16.3. The molecule has 0 aromatic heterocycles. The number of methoxy groups -OCH3 is 1. The highest BCUT2D eigenvalue weighted by Gasteiger charge is 2.26. The van der Waals surface area contributed by atoms with Crippen LogP contribution < -0.4 is 10.1 Å². The molecule has 1 heterocycles. The summed E-state index contributed by atoms with van der Waals surface area (Å²) in [5, 5.41) is 2.81. The molecule has 1 amide bonds. The minimum absolute atomic E-state index is 0.163. The third-order valence-electron chi connectivity index (χ3n) is 4.98. The van der Waals surface area contributed by atoms with E-state index in [0.29, 0.717) is 30.1 Å². The van der Waals surface area contributed by atoms with Crippen molar-refractivity contribution in [3.8, 4) is 5.75 Å². The molecule has 1 saturated heterocycles. The van der Waals surface area contributed by atoms with Crippen LogP contribution in [0, 0.1) is 6.92 Å². The number of nitrogens with zero attached hydrogens (tertiary/aromatic N) is 1. The molecule has 0 bridgehead atoms. The van der Waals surface area contributed by atoms with Crippen LogP contribution in [0.2, 0.25) is 0 Å². The van der Waals surface area contributed by atoms with Gasteiger partial charge in [-0.2, -0.15) is 4.31 Å². The molecular weight excluding hydrogens is 376 g/mol. The van der Waals surface area contributed by atoms with Crippen LogP contribution >= 0.6 is 0 Å². The quantitative estimate of drug-likeness (QED) is 0.825. The van der Waals surface area contributed by atoms with Crippen molar-refractivity contribution in [3.63, 3.8) is 0 Å². The van der Waals surface area contributed by atoms with Gasteiger partial charge in [-0.1, -0.05) is 25.0 Å². The van der Waals surface area contributed by atoms with Gasteiger partial charge < -0.3 is 10.1 Å². The molecule has 0 aliphatic carbocycles. The van der Waals surface area contributed by atoms with E-state index in [4.69, 9.17) is 4.74 Å². The summed E-state index contributed by atoms with van der Waals surface area (Å²) in [7, 11) is -2.05. The van der Waals surface area contributed by atoms with Crippen LogP contribution in [0.25, 0.3) is 0 Å². The summed E-state index contributed by atoms with van der Waals surface area (Å²) in [5.41, 5.74) is 1.65. The maximum absolute atomic E-state index is 13.0. The lowest BCUT2D eigenvalue weighted by Crippen LogP contribution is -2.32. The number of ether oxygens (including phenoxy) is 1. The summed E-state index contributed by atoms with van der Waals surface area (Å²) in [6, 6.07) is 11.8. The molecule has 0 unspecified atom stereocenters. The van der Waals surface area contributed by atoms with E-state index in [2.05, 4.69) is 5.32 Å². The van der Waals surface area contributed by atoms with Crippen LogP contribution in [-0.4, -0.2) is 38.8 Å². The Hall–Kier alpha value is -2.38. The van der Waals surface area contributed by atoms with Crippen LogP contribution in [0.4, 0.5) is 5.69 Å². The van der Waals surface area contributed by atoms with Gasteiger partial charge in [-0.05, 0) is 49.6 Å². The van der Waals surface area contributed by atoms with E-state index in [1.165, 1.54) is 10.4 Å². The van der Waals surface area contributed by atoms with Crippen molar-refractivity contribution in [1.82, 2.24) is 4.31 Å². The third kappa shape index (κ3) is 4.54. The van der Waals surface area contributed by atoms with Gasteiger partial charge >= 0.3 is 0 Å². The largest absolute Gasteiger partial charge is 0.497 e. The monoisotopic (exact) mass is 402 g/mol. The van der Waals surface area contributed by atoms with E-state index < -0.39 is 10.0 Å². The molecule has 1 fully saturated rings. The number of aryl methyl sites for hydroxylation is 1. The van der Waals surface area contributed by atoms with E-state index >= 15 is 0 Å². The Bertz CT molecular complexity index is 949. The van der Waals surface area contributed by atoms with Gasteiger partial charge in [-0.3, -0.25) is 4.79 Å². The molecule has 2 aromatic rings. The second-order valence-electron chi connectivity index (χ2n) is 6.98. The smallest absolute Gasteiger partial charge is 0.255 e. The van der Waals surface area contributed by atoms with Gasteiger partial charge in [0.05, 0.1) is 12.0 Å². The average Bonchev–Trinajstić information content (AvgIpc) is 2.98. The second-order valence-corrected chi connectivity index (χ2v) is 8.92. The molecule has 1 N–H and O–H groups in total. The van der Waals surface area contributed by atoms with Gasteiger partial charge in [0, 0.05) is 30.4 Å². The summed E-state index contributed by atoms with van der Waals surface area (Å²) in [6.07, 6.45) is 3.84. The Labute approximate surface area is 166 Å². The minimum Gasteiger partial charge on any atom is -0.497 e. The first-order chi connectivity index (χ1) is 13.4. The lowest BCUT2D eigenvalue weighted by atomic mass is 10.1. The van der Waals surface area contributed by atoms with Crippen molar-refractivity contribution in [2.24, 2.45) is 0 Å². The van der Waals surface area contributed by atoms with Gasteiger partial charge in [0.25, 0.3) is 5.91 Å². The van der Waals surface area contributed by atoms with Crippen molar-refractivity contribution in [3.05, 3.63) is 53.6 Å². The molecular formula is C21H26N2O4S. The molecule has 28 heavy (non-hydrogen) atoms. The third-order valence-corrected chi connectivity index (χ3v) is 6.88. The molecule has 1 aliphatic rings. The van der Waals surface area contributed by atoms with Crippen molar-refractivity contribution in [2.75, 3.05) is 25.5 Å². The number of hydrogen-bond acceptors (Lipinski definition) is 4. The predicted octanol–water partition coefficient (Wildman–Crippen LogP) is 3.82. The molecule has 7 heteroatoms. The van der Waals surface area contributed by atoms with Gasteiger partial charge in [-0.25, -0.2) is 8.42 Å². The van der Waals surface area contributed by atoms with Crippen LogP contribution in [0.5, 0.6) is 5.75 Å². The van der Waals surface area contributed by atoms with E-state index in [-0.39, 0.29) is 10.8 Å². The Morgan fingerprint density at radius 1 is 1.04 bits per heavy atom. The van der Waals surface area contributed by atoms with E-state index in [9.17, 15) is 13.2 Å². The fourth-order valence-corrected chi connectivity index (χ4v) is 4.88. The first kappa shape index (κ1) is 20.4. The fourth-order valence-electron chi connectivity index (χ4n) is 3.34. The Kier molecular flexibility index (Phi) is 6.36. The second kappa shape index (κ2) is 8.75. The van der Waals surface area contributed by atoms with Crippen LogP contribution in [0.1, 0.15) is 41.6 Å². The molecule has 0 spiro atoms. The van der Waals surface area contributed by atoms with E-state index in [1.807, 2.05) is 0 Å². The number of nitrogens with one attached hydrogen (secondary N) is 1. The lowest BCUT2D eigenvalue weighted by molar-refractivity contribution is 0.102. The van der Waals surface area contributed by atoms with Gasteiger partial charge in [0.2, 0.25) is 10.0 Å². The van der Waals surface area contributed by atoms with Gasteiger partial charge in [-0.15, -0.1) is 0 Å². The summed E-state index contributed by atoms with van der Waals surface area (Å²) >= 11 is 0. The Balaban J connectivity index is 1.87. The summed E-state index contributed by atoms with van der Waals surface area (Å²) in [6.45, 7) is 2.85. The predicted molar refractivity (Wildman–Crippen MR) is 109 cm³/mol. The van der Waals surface area contributed by atoms with Crippen molar-refractivity contribution in [2.45, 2.75) is 37.5 Å². The van der Waals surface area contributed by atoms with Crippen LogP contribution in [-0.2, 0) is 10.0 Å². The molecule has 150 valence electrons. The lowest BCUT2D eigenvalue weighted by Gasteiger charge is -2.20. The number of amides is 1. The highest BCUT2D eigenvalue weighted by Crippen LogP contribution is 2.24. The topological polar surface area (TPSA) is 75.7 Å². The maximum Gasteiger partial charge on any atom is 0.255 e. The maximum atomic E-state index is 13.0. The van der Waals surface area contributed by atoms with E-state index in [1.54, 1.807) is 50.4 Å². The standard InChI is InChI=1S/C21H26N2O4S/c1-16-10-11-19(28(25,26)23-12-5-3-4-6-13-23)15-20(16)21(24)22-17-8-7-9-18(14-17)27-2/h7-11,14-15H,3-6,12-13H2,1-2H3,(H,22,24). The fraction of sp³-hybridized carbons (Fsp3) is 0.381. The summed E-state index contributed by atoms with van der Waals surface area (Å²) in [5.74, 6) is 0.283. The molecule has 0 saturated carbocycles. The van der Waals surface area contributed by atoms with Crippen LogP contribution in [0.3, 0.4) is 0 Å². The zero-order valence-corrected chi connectivity index (χ0v) is 17.1. The Morgan fingerprint density at radius 3 is 2.43 bits per heavy atom. The van der Waals surface area contributed by atoms with Gasteiger partial charge in [0.15, 0.2) is 0 Å². The molecule has 3 rings (SSSR count). The number of rotatable bonds is 5. The minimum atomic E-state index is -3.61. The molecule has 2 aromatic carbocycles. The number of sulfonamides is 1. The SMILES string of the molecule is COc1cccc(NC(=O)c2cc(S(=O)(=O)N3CCCCCC3)ccc2C)c1. The molecule has 6 nitrogen and oxygen atoms in total. The number of anilines is 1. The van der Waals surface area contributed by atoms with Crippen molar-refractivity contribution >= 4 is 21.6 Å². The highest BCUT2D eigenvalue weighted by atomic mass is 32.2. The summed E-state index contributed by atoms with van der Waals surface area (Å²) < 4.78 is 32.8. The normalized spacial score (nSPS) is 15.6. The molecule has 0 radical (unpaired) electrons. The summed E-state index contributed by atoms with van der Waals surface area (Å²) in [4.78, 5) is 12.9. The average molecular weight is 403 g/mol. The zero-order chi connectivity index (χ0) is 20.1. The van der Waals surface area contributed by atoms with Crippen molar-refractivity contribution < 1.29 is 17.9 Å². The highest BCUT2D eigenvalue weighted by molar-refractivity contribution is 7.89. The molecule has 0 atom stereocenters. The Morgan fingerprint density at radius 2 is 1.75 bits per heavy atom. The van der Waals surface area contributed by atoms with Gasteiger partial charge in [0.1, 0.15) is 5.75 Å². The van der Waals surface area contributed by atoms with Crippen molar-refractivity contribution in [1.29, 1.82) is 0 Å². The number of carbonyl (C=O) groups is 1. The number of carbonyl (C=O) groups excluding carboxylic acids is 1.